The predicted octanol–water partition coefficient (Wildman–Crippen LogP) is 1.22. The summed E-state index contributed by atoms with van der Waals surface area (Å²) in [5.74, 6) is 0.621. The minimum absolute atomic E-state index is 0.131. The number of benzene rings is 2. The standard InChI is InChI=1S/C24H31ClO8/c1-2-31-12-17(27)13-32-18-6-3-14(4-7-18)9-16-10-15(5-8-19(16)25)24-23(30)22(29)21(28)20(11-26)33-24/h3-8,10,17,20-24,26-30H,2,9,11-13H2,1H3/t17-,20-,21-,22+,23-,24+/m1/s1. The van der Waals surface area contributed by atoms with Crippen LogP contribution in [-0.4, -0.2) is 82.5 Å². The number of rotatable bonds is 10. The first-order valence-electron chi connectivity index (χ1n) is 10.9. The highest BCUT2D eigenvalue weighted by molar-refractivity contribution is 6.31. The Balaban J connectivity index is 1.68. The lowest BCUT2D eigenvalue weighted by Gasteiger charge is -2.40. The lowest BCUT2D eigenvalue weighted by atomic mass is 9.90. The van der Waals surface area contributed by atoms with E-state index in [-0.39, 0.29) is 13.2 Å². The van der Waals surface area contributed by atoms with E-state index in [2.05, 4.69) is 0 Å². The van der Waals surface area contributed by atoms with Crippen molar-refractivity contribution in [1.82, 2.24) is 0 Å². The molecule has 2 aromatic carbocycles. The second kappa shape index (κ2) is 12.1. The first-order valence-corrected chi connectivity index (χ1v) is 11.3. The zero-order valence-corrected chi connectivity index (χ0v) is 19.1. The van der Waals surface area contributed by atoms with Gasteiger partial charge in [0.2, 0.25) is 0 Å². The summed E-state index contributed by atoms with van der Waals surface area (Å²) in [7, 11) is 0. The zero-order valence-electron chi connectivity index (χ0n) is 18.4. The van der Waals surface area contributed by atoms with Gasteiger partial charge >= 0.3 is 0 Å². The van der Waals surface area contributed by atoms with E-state index in [1.165, 1.54) is 0 Å². The fourth-order valence-corrected chi connectivity index (χ4v) is 3.89. The van der Waals surface area contributed by atoms with Gasteiger partial charge in [0.15, 0.2) is 0 Å². The summed E-state index contributed by atoms with van der Waals surface area (Å²) in [6.45, 7) is 2.26. The number of aliphatic hydroxyl groups excluding tert-OH is 5. The van der Waals surface area contributed by atoms with Gasteiger partial charge in [-0.15, -0.1) is 0 Å². The smallest absolute Gasteiger partial charge is 0.119 e. The molecule has 1 aliphatic rings. The van der Waals surface area contributed by atoms with Crippen molar-refractivity contribution in [3.63, 3.8) is 0 Å². The molecule has 0 saturated carbocycles. The third kappa shape index (κ3) is 6.65. The normalized spacial score (nSPS) is 26.2. The van der Waals surface area contributed by atoms with E-state index in [0.29, 0.717) is 29.4 Å². The summed E-state index contributed by atoms with van der Waals surface area (Å²) in [5.41, 5.74) is 2.33. The summed E-state index contributed by atoms with van der Waals surface area (Å²) in [4.78, 5) is 0. The molecule has 33 heavy (non-hydrogen) atoms. The first-order chi connectivity index (χ1) is 15.8. The van der Waals surface area contributed by atoms with Crippen LogP contribution in [0.4, 0.5) is 0 Å². The van der Waals surface area contributed by atoms with Crippen LogP contribution in [0.25, 0.3) is 0 Å². The van der Waals surface area contributed by atoms with Crippen LogP contribution in [0.3, 0.4) is 0 Å². The first kappa shape index (κ1) is 25.9. The van der Waals surface area contributed by atoms with Gasteiger partial charge in [0, 0.05) is 11.6 Å². The molecule has 1 fully saturated rings. The van der Waals surface area contributed by atoms with Crippen LogP contribution in [0, 0.1) is 0 Å². The molecule has 1 heterocycles. The molecule has 0 unspecified atom stereocenters. The fourth-order valence-electron chi connectivity index (χ4n) is 3.70. The van der Waals surface area contributed by atoms with Gasteiger partial charge in [-0.25, -0.2) is 0 Å². The Labute approximate surface area is 197 Å². The van der Waals surface area contributed by atoms with Crippen molar-refractivity contribution in [3.05, 3.63) is 64.2 Å². The van der Waals surface area contributed by atoms with Crippen molar-refractivity contribution in [2.24, 2.45) is 0 Å². The predicted molar refractivity (Wildman–Crippen MR) is 121 cm³/mol. The summed E-state index contributed by atoms with van der Waals surface area (Å²) >= 11 is 6.39. The molecule has 8 nitrogen and oxygen atoms in total. The van der Waals surface area contributed by atoms with Crippen molar-refractivity contribution >= 4 is 11.6 Å². The lowest BCUT2D eigenvalue weighted by molar-refractivity contribution is -0.231. The number of halogens is 1. The molecule has 5 N–H and O–H groups in total. The average molecular weight is 483 g/mol. The molecule has 182 valence electrons. The lowest BCUT2D eigenvalue weighted by Crippen LogP contribution is -2.55. The van der Waals surface area contributed by atoms with Crippen molar-refractivity contribution in [2.45, 2.75) is 50.0 Å². The van der Waals surface area contributed by atoms with E-state index < -0.39 is 43.2 Å². The van der Waals surface area contributed by atoms with Gasteiger partial charge in [-0.2, -0.15) is 0 Å². The van der Waals surface area contributed by atoms with E-state index in [1.807, 2.05) is 19.1 Å². The third-order valence-corrected chi connectivity index (χ3v) is 5.93. The molecule has 0 spiro atoms. The number of aliphatic hydroxyl groups is 5. The van der Waals surface area contributed by atoms with Crippen molar-refractivity contribution in [3.8, 4) is 5.75 Å². The Hall–Kier alpha value is -1.75. The van der Waals surface area contributed by atoms with Gasteiger partial charge in [0.1, 0.15) is 49.0 Å². The molecule has 0 bridgehead atoms. The van der Waals surface area contributed by atoms with Crippen LogP contribution in [0.15, 0.2) is 42.5 Å². The summed E-state index contributed by atoms with van der Waals surface area (Å²) in [6.07, 6.45) is -6.31. The van der Waals surface area contributed by atoms with Crippen LogP contribution in [0.5, 0.6) is 5.75 Å². The van der Waals surface area contributed by atoms with Crippen molar-refractivity contribution < 1.29 is 39.7 Å². The molecule has 9 heteroatoms. The largest absolute Gasteiger partial charge is 0.491 e. The fraction of sp³-hybridized carbons (Fsp3) is 0.500. The Morgan fingerprint density at radius 1 is 1.00 bits per heavy atom. The summed E-state index contributed by atoms with van der Waals surface area (Å²) in [5, 5.41) is 50.2. The number of hydrogen-bond donors (Lipinski definition) is 5. The van der Waals surface area contributed by atoms with Gasteiger partial charge in [-0.1, -0.05) is 35.9 Å². The molecule has 1 saturated heterocycles. The Bertz CT molecular complexity index is 875. The molecule has 2 aromatic rings. The van der Waals surface area contributed by atoms with E-state index in [1.54, 1.807) is 30.3 Å². The minimum Gasteiger partial charge on any atom is -0.491 e. The molecule has 0 aromatic heterocycles. The second-order valence-electron chi connectivity index (χ2n) is 8.05. The summed E-state index contributed by atoms with van der Waals surface area (Å²) < 4.78 is 16.4. The second-order valence-corrected chi connectivity index (χ2v) is 8.45. The molecular weight excluding hydrogens is 452 g/mol. The highest BCUT2D eigenvalue weighted by atomic mass is 35.5. The van der Waals surface area contributed by atoms with Gasteiger partial charge in [-0.05, 0) is 48.2 Å². The Morgan fingerprint density at radius 3 is 2.39 bits per heavy atom. The highest BCUT2D eigenvalue weighted by Crippen LogP contribution is 2.34. The molecule has 0 amide bonds. The van der Waals surface area contributed by atoms with Crippen LogP contribution >= 0.6 is 11.6 Å². The van der Waals surface area contributed by atoms with Crippen LogP contribution in [-0.2, 0) is 15.9 Å². The molecule has 3 rings (SSSR count). The number of ether oxygens (including phenoxy) is 3. The van der Waals surface area contributed by atoms with Crippen molar-refractivity contribution in [2.75, 3.05) is 26.4 Å². The maximum atomic E-state index is 10.4. The molecule has 0 aliphatic carbocycles. The Kier molecular flexibility index (Phi) is 9.48. The SMILES string of the molecule is CCOC[C@@H](O)COc1ccc(Cc2cc([C@@H]3O[C@H](CO)[C@@H](O)[C@H](O)[C@H]3O)ccc2Cl)cc1. The average Bonchev–Trinajstić information content (AvgIpc) is 2.82. The van der Waals surface area contributed by atoms with Crippen LogP contribution in [0.2, 0.25) is 5.02 Å². The maximum absolute atomic E-state index is 10.4. The third-order valence-electron chi connectivity index (χ3n) is 5.57. The highest BCUT2D eigenvalue weighted by Gasteiger charge is 2.44. The topological polar surface area (TPSA) is 129 Å². The summed E-state index contributed by atoms with van der Waals surface area (Å²) in [6, 6.07) is 12.5. The minimum atomic E-state index is -1.44. The van der Waals surface area contributed by atoms with E-state index >= 15 is 0 Å². The van der Waals surface area contributed by atoms with Gasteiger partial charge in [0.05, 0.1) is 13.2 Å². The number of hydrogen-bond acceptors (Lipinski definition) is 8. The maximum Gasteiger partial charge on any atom is 0.119 e. The molecule has 0 radical (unpaired) electrons. The van der Waals surface area contributed by atoms with E-state index in [9.17, 15) is 25.5 Å². The molecule has 1 aliphatic heterocycles. The Morgan fingerprint density at radius 2 is 1.73 bits per heavy atom. The van der Waals surface area contributed by atoms with E-state index in [4.69, 9.17) is 25.8 Å². The van der Waals surface area contributed by atoms with E-state index in [0.717, 1.165) is 11.1 Å². The quantitative estimate of drug-likeness (QED) is 0.342. The van der Waals surface area contributed by atoms with Gasteiger partial charge < -0.3 is 39.7 Å². The van der Waals surface area contributed by atoms with Crippen LogP contribution in [0.1, 0.15) is 29.7 Å². The molecule has 6 atom stereocenters. The zero-order chi connectivity index (χ0) is 24.0. The monoisotopic (exact) mass is 482 g/mol. The van der Waals surface area contributed by atoms with Crippen molar-refractivity contribution in [1.29, 1.82) is 0 Å². The van der Waals surface area contributed by atoms with Crippen LogP contribution < -0.4 is 4.74 Å². The van der Waals surface area contributed by atoms with Gasteiger partial charge in [-0.3, -0.25) is 0 Å². The van der Waals surface area contributed by atoms with Gasteiger partial charge in [0.25, 0.3) is 0 Å². The molecular formula is C24H31ClO8.